The molecule has 0 unspecified atom stereocenters. The lowest BCUT2D eigenvalue weighted by Gasteiger charge is -2.10. The summed E-state index contributed by atoms with van der Waals surface area (Å²) >= 11 is 11.5. The fourth-order valence-corrected chi connectivity index (χ4v) is 2.97. The van der Waals surface area contributed by atoms with Gasteiger partial charge in [0.15, 0.2) is 0 Å². The molecule has 0 bridgehead atoms. The topological polar surface area (TPSA) is 60.4 Å². The second-order valence-electron chi connectivity index (χ2n) is 3.65. The summed E-state index contributed by atoms with van der Waals surface area (Å²) in [7, 11) is 1.13. The van der Waals surface area contributed by atoms with E-state index in [9.17, 15) is 13.2 Å². The minimum atomic E-state index is -4.06. The van der Waals surface area contributed by atoms with Crippen LogP contribution >= 0.6 is 33.9 Å². The monoisotopic (exact) mass is 330 g/mol. The maximum absolute atomic E-state index is 11.7. The molecule has 4 nitrogen and oxygen atoms in total. The zero-order chi connectivity index (χ0) is 14.1. The zero-order valence-electron chi connectivity index (χ0n) is 9.41. The van der Waals surface area contributed by atoms with E-state index in [2.05, 4.69) is 0 Å². The van der Waals surface area contributed by atoms with Crippen LogP contribution in [-0.4, -0.2) is 20.5 Å². The van der Waals surface area contributed by atoms with Crippen molar-refractivity contribution >= 4 is 48.9 Å². The second kappa shape index (κ2) is 5.65. The molecule has 0 amide bonds. The van der Waals surface area contributed by atoms with Gasteiger partial charge in [-0.15, -0.1) is 0 Å². The van der Waals surface area contributed by atoms with Gasteiger partial charge < -0.3 is 4.74 Å². The number of rotatable bonds is 3. The van der Waals surface area contributed by atoms with Gasteiger partial charge in [0.1, 0.15) is 4.90 Å². The van der Waals surface area contributed by atoms with Gasteiger partial charge in [-0.25, -0.2) is 13.2 Å². The first-order valence-corrected chi connectivity index (χ1v) is 7.84. The highest BCUT2D eigenvalue weighted by atomic mass is 35.7. The number of carbonyl (C=O) groups is 1. The van der Waals surface area contributed by atoms with Crippen molar-refractivity contribution in [3.05, 3.63) is 27.7 Å². The maximum Gasteiger partial charge on any atom is 0.339 e. The predicted octanol–water partition coefficient (Wildman–Crippen LogP) is 3.49. The minimum Gasteiger partial charge on any atom is -0.459 e. The Balaban J connectivity index is 3.34. The zero-order valence-corrected chi connectivity index (χ0v) is 12.5. The standard InChI is InChI=1S/C10H9Cl3O4S/c1-5(2)17-10(14)6-3-9(18(13,15)16)8(12)4-7(6)11/h3-5H,1-2H3. The van der Waals surface area contributed by atoms with Gasteiger partial charge in [-0.2, -0.15) is 0 Å². The molecule has 0 saturated carbocycles. The van der Waals surface area contributed by atoms with E-state index in [1.54, 1.807) is 13.8 Å². The Hall–Kier alpha value is -0.490. The third-order valence-electron chi connectivity index (χ3n) is 1.85. The molecule has 0 aliphatic carbocycles. The molecule has 0 fully saturated rings. The van der Waals surface area contributed by atoms with Crippen LogP contribution < -0.4 is 0 Å². The van der Waals surface area contributed by atoms with Crippen molar-refractivity contribution in [1.82, 2.24) is 0 Å². The van der Waals surface area contributed by atoms with Crippen LogP contribution in [0.2, 0.25) is 10.0 Å². The Morgan fingerprint density at radius 2 is 1.78 bits per heavy atom. The van der Waals surface area contributed by atoms with Crippen LogP contribution in [0.4, 0.5) is 0 Å². The summed E-state index contributed by atoms with van der Waals surface area (Å²) in [6.07, 6.45) is -0.361. The van der Waals surface area contributed by atoms with E-state index in [1.165, 1.54) is 0 Å². The molecule has 1 aromatic rings. The van der Waals surface area contributed by atoms with Gasteiger partial charge in [0.05, 0.1) is 21.7 Å². The van der Waals surface area contributed by atoms with Gasteiger partial charge in [0, 0.05) is 10.7 Å². The lowest BCUT2D eigenvalue weighted by Crippen LogP contribution is -2.12. The Labute approximate surface area is 119 Å². The SMILES string of the molecule is CC(C)OC(=O)c1cc(S(=O)(=O)Cl)c(Cl)cc1Cl. The summed E-state index contributed by atoms with van der Waals surface area (Å²) in [5, 5.41) is -0.161. The molecule has 0 spiro atoms. The quantitative estimate of drug-likeness (QED) is 0.628. The van der Waals surface area contributed by atoms with Crippen LogP contribution in [0.25, 0.3) is 0 Å². The van der Waals surface area contributed by atoms with E-state index >= 15 is 0 Å². The van der Waals surface area contributed by atoms with Crippen molar-refractivity contribution in [2.75, 3.05) is 0 Å². The summed E-state index contributed by atoms with van der Waals surface area (Å²) in [4.78, 5) is 11.3. The summed E-state index contributed by atoms with van der Waals surface area (Å²) < 4.78 is 27.4. The van der Waals surface area contributed by atoms with Gasteiger partial charge >= 0.3 is 5.97 Å². The van der Waals surface area contributed by atoms with E-state index < -0.39 is 15.0 Å². The maximum atomic E-state index is 11.7. The summed E-state index contributed by atoms with van der Waals surface area (Å²) in [6.45, 7) is 3.31. The largest absolute Gasteiger partial charge is 0.459 e. The van der Waals surface area contributed by atoms with Crippen LogP contribution in [0, 0.1) is 0 Å². The first kappa shape index (κ1) is 15.6. The van der Waals surface area contributed by atoms with Crippen molar-refractivity contribution in [2.24, 2.45) is 0 Å². The molecule has 18 heavy (non-hydrogen) atoms. The number of halogens is 3. The fraction of sp³-hybridized carbons (Fsp3) is 0.300. The molecular formula is C10H9Cl3O4S. The number of ether oxygens (including phenoxy) is 1. The molecule has 0 aliphatic rings. The van der Waals surface area contributed by atoms with Gasteiger partial charge in [-0.05, 0) is 26.0 Å². The van der Waals surface area contributed by atoms with Crippen LogP contribution in [0.15, 0.2) is 17.0 Å². The van der Waals surface area contributed by atoms with E-state index in [-0.39, 0.29) is 26.6 Å². The molecule has 100 valence electrons. The van der Waals surface area contributed by atoms with Crippen molar-refractivity contribution in [3.63, 3.8) is 0 Å². The third-order valence-corrected chi connectivity index (χ3v) is 3.95. The normalized spacial score (nSPS) is 11.7. The molecule has 0 aromatic heterocycles. The van der Waals surface area contributed by atoms with Gasteiger partial charge in [0.2, 0.25) is 0 Å². The molecule has 0 aliphatic heterocycles. The van der Waals surface area contributed by atoms with Crippen LogP contribution in [0.1, 0.15) is 24.2 Å². The molecular weight excluding hydrogens is 323 g/mol. The molecule has 0 N–H and O–H groups in total. The van der Waals surface area contributed by atoms with Crippen molar-refractivity contribution < 1.29 is 17.9 Å². The van der Waals surface area contributed by atoms with Crippen LogP contribution in [0.3, 0.4) is 0 Å². The Kier molecular flexibility index (Phi) is 4.89. The van der Waals surface area contributed by atoms with Crippen molar-refractivity contribution in [2.45, 2.75) is 24.8 Å². The number of hydrogen-bond acceptors (Lipinski definition) is 4. The lowest BCUT2D eigenvalue weighted by molar-refractivity contribution is 0.0378. The summed E-state index contributed by atoms with van der Waals surface area (Å²) in [5.41, 5.74) is -0.103. The van der Waals surface area contributed by atoms with E-state index in [0.717, 1.165) is 12.1 Å². The predicted molar refractivity (Wildman–Crippen MR) is 70.1 cm³/mol. The highest BCUT2D eigenvalue weighted by Crippen LogP contribution is 2.31. The van der Waals surface area contributed by atoms with E-state index in [4.69, 9.17) is 38.6 Å². The van der Waals surface area contributed by atoms with Gasteiger partial charge in [0.25, 0.3) is 9.05 Å². The van der Waals surface area contributed by atoms with Gasteiger partial charge in [-0.3, -0.25) is 0 Å². The number of hydrogen-bond donors (Lipinski definition) is 0. The molecule has 0 radical (unpaired) electrons. The molecule has 0 atom stereocenters. The highest BCUT2D eigenvalue weighted by molar-refractivity contribution is 8.13. The van der Waals surface area contributed by atoms with Crippen LogP contribution in [0.5, 0.6) is 0 Å². The fourth-order valence-electron chi connectivity index (χ4n) is 1.15. The molecule has 1 rings (SSSR count). The smallest absolute Gasteiger partial charge is 0.339 e. The summed E-state index contributed by atoms with van der Waals surface area (Å²) in [6, 6.07) is 2.13. The van der Waals surface area contributed by atoms with Gasteiger partial charge in [-0.1, -0.05) is 23.2 Å². The van der Waals surface area contributed by atoms with E-state index in [0.29, 0.717) is 0 Å². The first-order chi connectivity index (χ1) is 8.12. The Morgan fingerprint density at radius 3 is 2.22 bits per heavy atom. The molecule has 8 heteroatoms. The number of carbonyl (C=O) groups excluding carboxylic acids is 1. The van der Waals surface area contributed by atoms with Crippen molar-refractivity contribution in [3.8, 4) is 0 Å². The highest BCUT2D eigenvalue weighted by Gasteiger charge is 2.22. The summed E-state index contributed by atoms with van der Waals surface area (Å²) in [5.74, 6) is -0.742. The molecule has 1 aromatic carbocycles. The average molecular weight is 332 g/mol. The molecule has 0 saturated heterocycles. The third kappa shape index (κ3) is 3.75. The number of esters is 1. The minimum absolute atomic E-state index is 0.00489. The van der Waals surface area contributed by atoms with Crippen LogP contribution in [-0.2, 0) is 13.8 Å². The number of benzene rings is 1. The van der Waals surface area contributed by atoms with Crippen molar-refractivity contribution in [1.29, 1.82) is 0 Å². The van der Waals surface area contributed by atoms with E-state index in [1.807, 2.05) is 0 Å². The first-order valence-electron chi connectivity index (χ1n) is 4.77. The average Bonchev–Trinajstić information content (AvgIpc) is 2.13. The Bertz CT molecular complexity index is 581. The second-order valence-corrected chi connectivity index (χ2v) is 7.00. The molecule has 0 heterocycles. The lowest BCUT2D eigenvalue weighted by atomic mass is 10.2. The Morgan fingerprint density at radius 1 is 1.22 bits per heavy atom.